The maximum atomic E-state index is 12.9. The summed E-state index contributed by atoms with van der Waals surface area (Å²) >= 11 is 5.96. The number of fused-ring (bicyclic) bond motifs is 1. The zero-order valence-electron chi connectivity index (χ0n) is 16.5. The standard InChI is InChI=1S/C20H21ClN4O4S/c1-12-16(19(26)25-10-20(2,9-22)11-25)7-18(23-12)30(27,28)24-15-5-13-3-4-14(21)6-17(13)29-8-15/h3-4,6-7,15,23-24H,5,8,10-11H2,1-2H3/t15-/m1/s1. The molecule has 0 bridgehead atoms. The summed E-state index contributed by atoms with van der Waals surface area (Å²) in [6.07, 6.45) is 0.470. The minimum atomic E-state index is -3.88. The van der Waals surface area contributed by atoms with Gasteiger partial charge >= 0.3 is 0 Å². The largest absolute Gasteiger partial charge is 0.492 e. The average molecular weight is 449 g/mol. The zero-order valence-corrected chi connectivity index (χ0v) is 18.1. The van der Waals surface area contributed by atoms with Crippen molar-refractivity contribution in [1.82, 2.24) is 14.6 Å². The molecule has 2 aromatic rings. The van der Waals surface area contributed by atoms with Gasteiger partial charge in [0.15, 0.2) is 0 Å². The Kier molecular flexibility index (Phi) is 5.04. The Morgan fingerprint density at radius 1 is 1.40 bits per heavy atom. The van der Waals surface area contributed by atoms with Crippen LogP contribution in [0.4, 0.5) is 0 Å². The van der Waals surface area contributed by atoms with E-state index in [1.165, 1.54) is 6.07 Å². The van der Waals surface area contributed by atoms with Crippen LogP contribution < -0.4 is 9.46 Å². The summed E-state index contributed by atoms with van der Waals surface area (Å²) in [5.41, 5.74) is 1.08. The minimum Gasteiger partial charge on any atom is -0.492 e. The van der Waals surface area contributed by atoms with Crippen molar-refractivity contribution in [3.8, 4) is 11.8 Å². The van der Waals surface area contributed by atoms with Gasteiger partial charge in [-0.2, -0.15) is 5.26 Å². The lowest BCUT2D eigenvalue weighted by atomic mass is 9.83. The lowest BCUT2D eigenvalue weighted by Crippen LogP contribution is -2.56. The molecule has 4 rings (SSSR count). The molecule has 0 aliphatic carbocycles. The van der Waals surface area contributed by atoms with Gasteiger partial charge in [-0.05, 0) is 44.0 Å². The Balaban J connectivity index is 1.48. The number of aryl methyl sites for hydroxylation is 1. The molecule has 2 N–H and O–H groups in total. The highest BCUT2D eigenvalue weighted by atomic mass is 35.5. The van der Waals surface area contributed by atoms with E-state index >= 15 is 0 Å². The number of halogens is 1. The van der Waals surface area contributed by atoms with Crippen molar-refractivity contribution >= 4 is 27.5 Å². The van der Waals surface area contributed by atoms with E-state index in [2.05, 4.69) is 15.8 Å². The first-order chi connectivity index (χ1) is 14.1. The van der Waals surface area contributed by atoms with Gasteiger partial charge in [-0.3, -0.25) is 4.79 Å². The highest BCUT2D eigenvalue weighted by molar-refractivity contribution is 7.89. The van der Waals surface area contributed by atoms with Crippen molar-refractivity contribution in [2.45, 2.75) is 31.3 Å². The Bertz CT molecular complexity index is 1160. The number of benzene rings is 1. The zero-order chi connectivity index (χ0) is 21.7. The van der Waals surface area contributed by atoms with Crippen LogP contribution in [0.3, 0.4) is 0 Å². The van der Waals surface area contributed by atoms with Gasteiger partial charge in [-0.25, -0.2) is 13.1 Å². The first kappa shape index (κ1) is 20.7. The molecular formula is C20H21ClN4O4S. The van der Waals surface area contributed by atoms with Crippen LogP contribution in [-0.4, -0.2) is 49.9 Å². The summed E-state index contributed by atoms with van der Waals surface area (Å²) in [5, 5.41) is 9.60. The molecule has 1 aromatic carbocycles. The van der Waals surface area contributed by atoms with Gasteiger partial charge in [0.2, 0.25) is 0 Å². The fraction of sp³-hybridized carbons (Fsp3) is 0.400. The predicted octanol–water partition coefficient (Wildman–Crippen LogP) is 2.24. The third kappa shape index (κ3) is 3.78. The van der Waals surface area contributed by atoms with Crippen molar-refractivity contribution < 1.29 is 17.9 Å². The van der Waals surface area contributed by atoms with E-state index in [1.54, 1.807) is 30.9 Å². The first-order valence-electron chi connectivity index (χ1n) is 9.44. The van der Waals surface area contributed by atoms with E-state index in [4.69, 9.17) is 21.6 Å². The number of likely N-dealkylation sites (tertiary alicyclic amines) is 1. The van der Waals surface area contributed by atoms with Gasteiger partial charge in [-0.1, -0.05) is 17.7 Å². The Hall–Kier alpha value is -2.54. The second-order valence-corrected chi connectivity index (χ2v) is 10.2. The van der Waals surface area contributed by atoms with Crippen LogP contribution in [0.2, 0.25) is 5.02 Å². The van der Waals surface area contributed by atoms with Crippen LogP contribution in [0, 0.1) is 23.7 Å². The average Bonchev–Trinajstić information content (AvgIpc) is 3.07. The first-order valence-corrected chi connectivity index (χ1v) is 11.3. The number of hydrogen-bond donors (Lipinski definition) is 2. The van der Waals surface area contributed by atoms with Crippen LogP contribution in [0.1, 0.15) is 28.5 Å². The fourth-order valence-corrected chi connectivity index (χ4v) is 5.22. The van der Waals surface area contributed by atoms with Crippen LogP contribution >= 0.6 is 11.6 Å². The summed E-state index contributed by atoms with van der Waals surface area (Å²) in [5.74, 6) is 0.366. The minimum absolute atomic E-state index is 0.0752. The van der Waals surface area contributed by atoms with Crippen LogP contribution in [-0.2, 0) is 16.4 Å². The Labute approximate surface area is 179 Å². The van der Waals surface area contributed by atoms with E-state index in [0.29, 0.717) is 36.0 Å². The SMILES string of the molecule is Cc1[nH]c(S(=O)(=O)N[C@H]2COc3cc(Cl)ccc3C2)cc1C(=O)N1CC(C)(C#N)C1. The number of aromatic nitrogens is 1. The molecular weight excluding hydrogens is 428 g/mol. The van der Waals surface area contributed by atoms with Gasteiger partial charge in [0.1, 0.15) is 17.4 Å². The number of nitrogens with zero attached hydrogens (tertiary/aromatic N) is 2. The van der Waals surface area contributed by atoms with Crippen molar-refractivity contribution in [2.24, 2.45) is 5.41 Å². The molecule has 1 atom stereocenters. The number of hydrogen-bond acceptors (Lipinski definition) is 5. The van der Waals surface area contributed by atoms with Gasteiger partial charge < -0.3 is 14.6 Å². The third-order valence-corrected chi connectivity index (χ3v) is 7.08. The van der Waals surface area contributed by atoms with Crippen molar-refractivity contribution in [1.29, 1.82) is 5.26 Å². The van der Waals surface area contributed by atoms with E-state index in [-0.39, 0.29) is 23.1 Å². The Morgan fingerprint density at radius 2 is 2.13 bits per heavy atom. The molecule has 2 aliphatic rings. The molecule has 0 unspecified atom stereocenters. The molecule has 158 valence electrons. The molecule has 10 heteroatoms. The van der Waals surface area contributed by atoms with Crippen molar-refractivity contribution in [2.75, 3.05) is 19.7 Å². The van der Waals surface area contributed by atoms with E-state index in [1.807, 2.05) is 6.07 Å². The second kappa shape index (κ2) is 7.30. The van der Waals surface area contributed by atoms with E-state index in [9.17, 15) is 13.2 Å². The number of carbonyl (C=O) groups excluding carboxylic acids is 1. The summed E-state index contributed by atoms with van der Waals surface area (Å²) in [6.45, 7) is 4.28. The third-order valence-electron chi connectivity index (χ3n) is 5.40. The highest BCUT2D eigenvalue weighted by Crippen LogP contribution is 2.31. The number of aromatic amines is 1. The number of sulfonamides is 1. The lowest BCUT2D eigenvalue weighted by molar-refractivity contribution is 0.0368. The second-order valence-electron chi connectivity index (χ2n) is 8.09. The van der Waals surface area contributed by atoms with Crippen molar-refractivity contribution in [3.63, 3.8) is 0 Å². The fourth-order valence-electron chi connectivity index (χ4n) is 3.78. The number of amides is 1. The monoisotopic (exact) mass is 448 g/mol. The number of nitriles is 1. The normalized spacial score (nSPS) is 19.9. The Morgan fingerprint density at radius 3 is 2.83 bits per heavy atom. The van der Waals surface area contributed by atoms with E-state index in [0.717, 1.165) is 5.56 Å². The van der Waals surface area contributed by atoms with E-state index < -0.39 is 21.5 Å². The van der Waals surface area contributed by atoms with Gasteiger partial charge in [0.05, 0.1) is 23.1 Å². The lowest BCUT2D eigenvalue weighted by Gasteiger charge is -2.43. The molecule has 0 saturated carbocycles. The molecule has 1 amide bonds. The quantitative estimate of drug-likeness (QED) is 0.744. The molecule has 2 aliphatic heterocycles. The molecule has 1 fully saturated rings. The highest BCUT2D eigenvalue weighted by Gasteiger charge is 2.42. The van der Waals surface area contributed by atoms with Gasteiger partial charge in [0, 0.05) is 23.8 Å². The molecule has 0 radical (unpaired) electrons. The maximum absolute atomic E-state index is 12.9. The maximum Gasteiger partial charge on any atom is 0.256 e. The smallest absolute Gasteiger partial charge is 0.256 e. The predicted molar refractivity (Wildman–Crippen MR) is 110 cm³/mol. The summed E-state index contributed by atoms with van der Waals surface area (Å²) < 4.78 is 34.0. The number of rotatable bonds is 4. The molecule has 0 spiro atoms. The molecule has 1 saturated heterocycles. The molecule has 30 heavy (non-hydrogen) atoms. The summed E-state index contributed by atoms with van der Waals surface area (Å²) in [4.78, 5) is 17.0. The molecule has 1 aromatic heterocycles. The van der Waals surface area contributed by atoms with Crippen molar-refractivity contribution in [3.05, 3.63) is 46.1 Å². The number of H-pyrrole nitrogens is 1. The van der Waals surface area contributed by atoms with Gasteiger partial charge in [-0.15, -0.1) is 0 Å². The molecule has 8 nitrogen and oxygen atoms in total. The van der Waals surface area contributed by atoms with Crippen LogP contribution in [0.5, 0.6) is 5.75 Å². The number of carbonyl (C=O) groups is 1. The number of ether oxygens (including phenoxy) is 1. The van der Waals surface area contributed by atoms with Gasteiger partial charge in [0.25, 0.3) is 15.9 Å². The molecule has 3 heterocycles. The van der Waals surface area contributed by atoms with Crippen LogP contribution in [0.15, 0.2) is 29.3 Å². The summed E-state index contributed by atoms with van der Waals surface area (Å²) in [6, 6.07) is 8.35. The summed E-state index contributed by atoms with van der Waals surface area (Å²) in [7, 11) is -3.88. The number of nitrogens with one attached hydrogen (secondary N) is 2. The topological polar surface area (TPSA) is 115 Å². The van der Waals surface area contributed by atoms with Crippen LogP contribution in [0.25, 0.3) is 0 Å².